The van der Waals surface area contributed by atoms with Gasteiger partial charge in [-0.2, -0.15) is 0 Å². The van der Waals surface area contributed by atoms with Crippen molar-refractivity contribution >= 4 is 5.82 Å². The summed E-state index contributed by atoms with van der Waals surface area (Å²) in [6.07, 6.45) is 1.75. The van der Waals surface area contributed by atoms with E-state index in [2.05, 4.69) is 4.98 Å². The maximum absolute atomic E-state index is 8.96. The van der Waals surface area contributed by atoms with Crippen molar-refractivity contribution in [2.45, 2.75) is 19.9 Å². The quantitative estimate of drug-likeness (QED) is 0.757. The van der Waals surface area contributed by atoms with Gasteiger partial charge in [-0.05, 0) is 19.9 Å². The molecule has 0 aliphatic heterocycles. The molecule has 0 bridgehead atoms. The lowest BCUT2D eigenvalue weighted by atomic mass is 10.1. The lowest BCUT2D eigenvalue weighted by molar-refractivity contribution is 0.302. The highest BCUT2D eigenvalue weighted by Crippen LogP contribution is 2.21. The number of aliphatic hydroxyl groups excluding tert-OH is 1. The van der Waals surface area contributed by atoms with Gasteiger partial charge in [0, 0.05) is 30.9 Å². The normalized spacial score (nSPS) is 12.5. The minimum atomic E-state index is -0.0403. The number of anilines is 1. The summed E-state index contributed by atoms with van der Waals surface area (Å²) in [6.45, 7) is 5.51. The molecular weight excluding hydrogens is 190 g/mol. The fraction of sp³-hybridized carbons (Fsp3) is 0.545. The van der Waals surface area contributed by atoms with Gasteiger partial charge < -0.3 is 15.7 Å². The molecule has 1 unspecified atom stereocenters. The molecule has 3 N–H and O–H groups in total. The molecule has 15 heavy (non-hydrogen) atoms. The van der Waals surface area contributed by atoms with Crippen LogP contribution in [0.3, 0.4) is 0 Å². The lowest BCUT2D eigenvalue weighted by Crippen LogP contribution is -2.29. The number of nitrogens with zero attached hydrogens (tertiary/aromatic N) is 2. The van der Waals surface area contributed by atoms with E-state index in [1.54, 1.807) is 6.20 Å². The molecule has 1 heterocycles. The summed E-state index contributed by atoms with van der Waals surface area (Å²) in [5.41, 5.74) is 6.90. The van der Waals surface area contributed by atoms with E-state index in [0.717, 1.165) is 17.9 Å². The van der Waals surface area contributed by atoms with Gasteiger partial charge in [0.2, 0.25) is 0 Å². The van der Waals surface area contributed by atoms with Crippen LogP contribution in [-0.2, 0) is 0 Å². The molecule has 0 amide bonds. The summed E-state index contributed by atoms with van der Waals surface area (Å²) >= 11 is 0. The van der Waals surface area contributed by atoms with Crippen LogP contribution in [0.1, 0.15) is 25.5 Å². The van der Waals surface area contributed by atoms with Crippen LogP contribution < -0.4 is 10.6 Å². The minimum absolute atomic E-state index is 0.0403. The second kappa shape index (κ2) is 5.68. The first-order valence-corrected chi connectivity index (χ1v) is 5.27. The van der Waals surface area contributed by atoms with E-state index < -0.39 is 0 Å². The van der Waals surface area contributed by atoms with E-state index in [4.69, 9.17) is 10.8 Å². The number of aliphatic hydroxyl groups is 1. The molecule has 0 fully saturated rings. The molecule has 0 aliphatic rings. The van der Waals surface area contributed by atoms with E-state index in [-0.39, 0.29) is 12.6 Å². The Bertz CT molecular complexity index is 302. The van der Waals surface area contributed by atoms with E-state index in [1.165, 1.54) is 0 Å². The molecule has 4 nitrogen and oxygen atoms in total. The zero-order chi connectivity index (χ0) is 11.3. The number of likely N-dealkylation sites (N-methyl/N-ethyl adjacent to an activating group) is 1. The van der Waals surface area contributed by atoms with Crippen molar-refractivity contribution in [1.82, 2.24) is 4.98 Å². The van der Waals surface area contributed by atoms with Crippen LogP contribution in [0.15, 0.2) is 18.3 Å². The second-order valence-corrected chi connectivity index (χ2v) is 3.51. The molecule has 4 heteroatoms. The van der Waals surface area contributed by atoms with Gasteiger partial charge in [0.05, 0.1) is 6.61 Å². The van der Waals surface area contributed by atoms with Gasteiger partial charge in [-0.25, -0.2) is 4.98 Å². The second-order valence-electron chi connectivity index (χ2n) is 3.51. The fourth-order valence-corrected chi connectivity index (χ4v) is 1.56. The molecule has 0 aromatic carbocycles. The van der Waals surface area contributed by atoms with E-state index in [1.807, 2.05) is 30.9 Å². The van der Waals surface area contributed by atoms with Crippen LogP contribution in [0.25, 0.3) is 0 Å². The van der Waals surface area contributed by atoms with Crippen LogP contribution in [0.4, 0.5) is 5.82 Å². The number of rotatable bonds is 5. The number of pyridine rings is 1. The minimum Gasteiger partial charge on any atom is -0.395 e. The average molecular weight is 209 g/mol. The molecule has 0 saturated heterocycles. The van der Waals surface area contributed by atoms with Gasteiger partial charge in [0.15, 0.2) is 0 Å². The summed E-state index contributed by atoms with van der Waals surface area (Å²) in [4.78, 5) is 6.35. The number of nitrogens with two attached hydrogens (primary N) is 1. The molecule has 1 aromatic heterocycles. The Morgan fingerprint density at radius 2 is 2.33 bits per heavy atom. The monoisotopic (exact) mass is 209 g/mol. The van der Waals surface area contributed by atoms with Crippen molar-refractivity contribution in [2.75, 3.05) is 24.6 Å². The highest BCUT2D eigenvalue weighted by Gasteiger charge is 2.12. The van der Waals surface area contributed by atoms with Crippen LogP contribution in [0.5, 0.6) is 0 Å². The standard InChI is InChI=1S/C11H19N3O/c1-3-14(7-8-15)11-10(9(2)12)5-4-6-13-11/h4-6,9,15H,3,7-8,12H2,1-2H3. The van der Waals surface area contributed by atoms with Gasteiger partial charge in [-0.15, -0.1) is 0 Å². The molecule has 0 aliphatic carbocycles. The van der Waals surface area contributed by atoms with Gasteiger partial charge in [-0.1, -0.05) is 6.07 Å². The first-order valence-electron chi connectivity index (χ1n) is 5.27. The predicted octanol–water partition coefficient (Wildman–Crippen LogP) is 0.920. The number of aromatic nitrogens is 1. The van der Waals surface area contributed by atoms with Gasteiger partial charge in [0.25, 0.3) is 0 Å². The highest BCUT2D eigenvalue weighted by atomic mass is 16.3. The van der Waals surface area contributed by atoms with E-state index in [9.17, 15) is 0 Å². The SMILES string of the molecule is CCN(CCO)c1ncccc1C(C)N. The Balaban J connectivity index is 2.99. The van der Waals surface area contributed by atoms with Crippen LogP contribution in [0.2, 0.25) is 0 Å². The van der Waals surface area contributed by atoms with Crippen molar-refractivity contribution in [3.63, 3.8) is 0 Å². The largest absolute Gasteiger partial charge is 0.395 e. The first kappa shape index (κ1) is 11.9. The Morgan fingerprint density at radius 1 is 1.60 bits per heavy atom. The topological polar surface area (TPSA) is 62.4 Å². The zero-order valence-electron chi connectivity index (χ0n) is 9.35. The molecule has 0 radical (unpaired) electrons. The van der Waals surface area contributed by atoms with Crippen molar-refractivity contribution in [3.8, 4) is 0 Å². The van der Waals surface area contributed by atoms with Gasteiger partial charge in [0.1, 0.15) is 5.82 Å². The third-order valence-electron chi connectivity index (χ3n) is 2.36. The molecule has 1 aromatic rings. The summed E-state index contributed by atoms with van der Waals surface area (Å²) in [5, 5.41) is 8.96. The van der Waals surface area contributed by atoms with Gasteiger partial charge >= 0.3 is 0 Å². The number of hydrogen-bond donors (Lipinski definition) is 2. The Hall–Kier alpha value is -1.13. The summed E-state index contributed by atoms with van der Waals surface area (Å²) in [5.74, 6) is 0.879. The summed E-state index contributed by atoms with van der Waals surface area (Å²) < 4.78 is 0. The molecule has 1 rings (SSSR count). The summed E-state index contributed by atoms with van der Waals surface area (Å²) in [7, 11) is 0. The van der Waals surface area contributed by atoms with Crippen molar-refractivity contribution in [2.24, 2.45) is 5.73 Å². The lowest BCUT2D eigenvalue weighted by Gasteiger charge is -2.24. The van der Waals surface area contributed by atoms with Crippen molar-refractivity contribution in [3.05, 3.63) is 23.9 Å². The van der Waals surface area contributed by atoms with Crippen LogP contribution in [0, 0.1) is 0 Å². The fourth-order valence-electron chi connectivity index (χ4n) is 1.56. The Kier molecular flexibility index (Phi) is 4.52. The Morgan fingerprint density at radius 3 is 2.87 bits per heavy atom. The van der Waals surface area contributed by atoms with Crippen LogP contribution in [-0.4, -0.2) is 29.8 Å². The summed E-state index contributed by atoms with van der Waals surface area (Å²) in [6, 6.07) is 3.82. The zero-order valence-corrected chi connectivity index (χ0v) is 9.35. The number of hydrogen-bond acceptors (Lipinski definition) is 4. The molecule has 0 spiro atoms. The predicted molar refractivity (Wildman–Crippen MR) is 61.8 cm³/mol. The highest BCUT2D eigenvalue weighted by molar-refractivity contribution is 5.48. The maximum Gasteiger partial charge on any atom is 0.133 e. The van der Waals surface area contributed by atoms with E-state index in [0.29, 0.717) is 6.54 Å². The third kappa shape index (κ3) is 2.91. The third-order valence-corrected chi connectivity index (χ3v) is 2.36. The van der Waals surface area contributed by atoms with Crippen molar-refractivity contribution in [1.29, 1.82) is 0 Å². The van der Waals surface area contributed by atoms with Gasteiger partial charge in [-0.3, -0.25) is 0 Å². The van der Waals surface area contributed by atoms with Crippen molar-refractivity contribution < 1.29 is 5.11 Å². The van der Waals surface area contributed by atoms with E-state index >= 15 is 0 Å². The first-order chi connectivity index (χ1) is 7.20. The molecular formula is C11H19N3O. The Labute approximate surface area is 90.7 Å². The smallest absolute Gasteiger partial charge is 0.133 e. The molecule has 0 saturated carbocycles. The average Bonchev–Trinajstić information content (AvgIpc) is 2.26. The molecule has 1 atom stereocenters. The van der Waals surface area contributed by atoms with Crippen LogP contribution >= 0.6 is 0 Å². The molecule has 84 valence electrons. The maximum atomic E-state index is 8.96.